The molecule has 0 spiro atoms. The van der Waals surface area contributed by atoms with E-state index in [-0.39, 0.29) is 23.0 Å². The van der Waals surface area contributed by atoms with E-state index in [1.807, 2.05) is 65.8 Å². The lowest BCUT2D eigenvalue weighted by Gasteiger charge is -2.35. The number of benzene rings is 3. The molecule has 10 heteroatoms. The summed E-state index contributed by atoms with van der Waals surface area (Å²) >= 11 is 6.02. The molecular weight excluding hydrogens is 574 g/mol. The minimum absolute atomic E-state index is 0.0173. The number of rotatable bonds is 12. The molecule has 0 fully saturated rings. The first kappa shape index (κ1) is 32.9. The van der Waals surface area contributed by atoms with Crippen LogP contribution < -0.4 is 14.4 Å². The fraction of sp³-hybridized carbons (Fsp3) is 0.375. The Labute approximate surface area is 254 Å². The van der Waals surface area contributed by atoms with Crippen LogP contribution in [0.5, 0.6) is 5.75 Å². The largest absolute Gasteiger partial charge is 0.494 e. The van der Waals surface area contributed by atoms with Crippen molar-refractivity contribution in [2.75, 3.05) is 17.5 Å². The van der Waals surface area contributed by atoms with Crippen molar-refractivity contribution in [1.82, 2.24) is 10.2 Å². The summed E-state index contributed by atoms with van der Waals surface area (Å²) in [5.74, 6) is -0.250. The number of amides is 2. The smallest absolute Gasteiger partial charge is 0.264 e. The van der Waals surface area contributed by atoms with Gasteiger partial charge in [-0.25, -0.2) is 8.42 Å². The van der Waals surface area contributed by atoms with E-state index in [4.69, 9.17) is 16.3 Å². The highest BCUT2D eigenvalue weighted by atomic mass is 35.5. The average molecular weight is 614 g/mol. The lowest BCUT2D eigenvalue weighted by Crippen LogP contribution is -2.55. The molecule has 2 amide bonds. The SMILES string of the molecule is CCOc1ccc(N(CC(=O)N(Cc2cccc(C)c2)[C@@H](CC)C(=O)NC(C)(C)C)S(=O)(=O)c2ccc(Cl)cc2)cc1. The van der Waals surface area contributed by atoms with Gasteiger partial charge in [-0.05, 0) is 95.1 Å². The maximum atomic E-state index is 14.2. The first-order valence-electron chi connectivity index (χ1n) is 13.9. The van der Waals surface area contributed by atoms with Gasteiger partial charge in [0.05, 0.1) is 17.2 Å². The van der Waals surface area contributed by atoms with Gasteiger partial charge in [0, 0.05) is 17.1 Å². The summed E-state index contributed by atoms with van der Waals surface area (Å²) in [5, 5.41) is 3.36. The molecule has 42 heavy (non-hydrogen) atoms. The number of aryl methyl sites for hydroxylation is 1. The number of halogens is 1. The van der Waals surface area contributed by atoms with Crippen molar-refractivity contribution in [3.05, 3.63) is 88.9 Å². The van der Waals surface area contributed by atoms with Crippen molar-refractivity contribution in [3.63, 3.8) is 0 Å². The van der Waals surface area contributed by atoms with Crippen LogP contribution in [0.1, 0.15) is 52.2 Å². The maximum Gasteiger partial charge on any atom is 0.264 e. The highest BCUT2D eigenvalue weighted by Crippen LogP contribution is 2.27. The summed E-state index contributed by atoms with van der Waals surface area (Å²) in [6.45, 7) is 11.3. The van der Waals surface area contributed by atoms with Crippen molar-refractivity contribution in [2.45, 2.75) is 71.0 Å². The van der Waals surface area contributed by atoms with Gasteiger partial charge in [0.15, 0.2) is 0 Å². The molecule has 226 valence electrons. The molecule has 8 nitrogen and oxygen atoms in total. The zero-order valence-electron chi connectivity index (χ0n) is 25.1. The third-order valence-electron chi connectivity index (χ3n) is 6.44. The van der Waals surface area contributed by atoms with E-state index < -0.39 is 34.1 Å². The van der Waals surface area contributed by atoms with Crippen LogP contribution in [0.3, 0.4) is 0 Å². The Kier molecular flexibility index (Phi) is 11.0. The van der Waals surface area contributed by atoms with Crippen LogP contribution in [0.4, 0.5) is 5.69 Å². The molecule has 1 N–H and O–H groups in total. The maximum absolute atomic E-state index is 14.2. The fourth-order valence-electron chi connectivity index (χ4n) is 4.52. The predicted molar refractivity (Wildman–Crippen MR) is 167 cm³/mol. The van der Waals surface area contributed by atoms with Gasteiger partial charge < -0.3 is 15.0 Å². The molecule has 0 aliphatic carbocycles. The van der Waals surface area contributed by atoms with Crippen LogP contribution in [-0.2, 0) is 26.2 Å². The summed E-state index contributed by atoms with van der Waals surface area (Å²) < 4.78 is 34.5. The van der Waals surface area contributed by atoms with E-state index in [0.29, 0.717) is 23.8 Å². The zero-order chi connectivity index (χ0) is 31.1. The molecule has 0 unspecified atom stereocenters. The number of nitrogens with one attached hydrogen (secondary N) is 1. The second-order valence-corrected chi connectivity index (χ2v) is 13.4. The number of carbonyl (C=O) groups excluding carboxylic acids is 2. The molecule has 0 aliphatic rings. The third-order valence-corrected chi connectivity index (χ3v) is 8.48. The van der Waals surface area contributed by atoms with Crippen molar-refractivity contribution in [3.8, 4) is 5.75 Å². The number of ether oxygens (including phenoxy) is 1. The topological polar surface area (TPSA) is 96.0 Å². The molecule has 3 rings (SSSR count). The first-order valence-corrected chi connectivity index (χ1v) is 15.7. The van der Waals surface area contributed by atoms with E-state index >= 15 is 0 Å². The lowest BCUT2D eigenvalue weighted by atomic mass is 10.0. The minimum Gasteiger partial charge on any atom is -0.494 e. The van der Waals surface area contributed by atoms with Crippen LogP contribution in [-0.4, -0.2) is 49.9 Å². The first-order chi connectivity index (χ1) is 19.7. The minimum atomic E-state index is -4.20. The lowest BCUT2D eigenvalue weighted by molar-refractivity contribution is -0.141. The zero-order valence-corrected chi connectivity index (χ0v) is 26.6. The Morgan fingerprint density at radius 3 is 2.17 bits per heavy atom. The molecule has 0 aliphatic heterocycles. The predicted octanol–water partition coefficient (Wildman–Crippen LogP) is 5.96. The van der Waals surface area contributed by atoms with Gasteiger partial charge in [0.1, 0.15) is 18.3 Å². The third kappa shape index (κ3) is 8.72. The van der Waals surface area contributed by atoms with Crippen LogP contribution in [0, 0.1) is 6.92 Å². The van der Waals surface area contributed by atoms with E-state index in [1.54, 1.807) is 24.3 Å². The quantitative estimate of drug-likeness (QED) is 0.272. The molecular formula is C32H40ClN3O5S. The van der Waals surface area contributed by atoms with Crippen LogP contribution in [0.25, 0.3) is 0 Å². The molecule has 0 radical (unpaired) electrons. The monoisotopic (exact) mass is 613 g/mol. The second-order valence-electron chi connectivity index (χ2n) is 11.1. The molecule has 0 saturated carbocycles. The van der Waals surface area contributed by atoms with Crippen LogP contribution in [0.15, 0.2) is 77.7 Å². The highest BCUT2D eigenvalue weighted by molar-refractivity contribution is 7.92. The Balaban J connectivity index is 2.08. The van der Waals surface area contributed by atoms with Gasteiger partial charge in [-0.3, -0.25) is 13.9 Å². The Bertz CT molecular complexity index is 1470. The van der Waals surface area contributed by atoms with Crippen molar-refractivity contribution in [1.29, 1.82) is 0 Å². The van der Waals surface area contributed by atoms with Gasteiger partial charge in [0.25, 0.3) is 10.0 Å². The van der Waals surface area contributed by atoms with Crippen molar-refractivity contribution in [2.24, 2.45) is 0 Å². The number of hydrogen-bond donors (Lipinski definition) is 1. The molecule has 1 atom stereocenters. The van der Waals surface area contributed by atoms with Crippen molar-refractivity contribution >= 4 is 39.1 Å². The molecule has 3 aromatic rings. The Morgan fingerprint density at radius 2 is 1.62 bits per heavy atom. The van der Waals surface area contributed by atoms with Gasteiger partial charge >= 0.3 is 0 Å². The Hall–Kier alpha value is -3.56. The number of anilines is 1. The normalized spacial score (nSPS) is 12.4. The van der Waals surface area contributed by atoms with E-state index in [0.717, 1.165) is 15.4 Å². The fourth-order valence-corrected chi connectivity index (χ4v) is 6.06. The number of sulfonamides is 1. The van der Waals surface area contributed by atoms with E-state index in [9.17, 15) is 18.0 Å². The summed E-state index contributed by atoms with van der Waals surface area (Å²) in [6.07, 6.45) is 0.340. The van der Waals surface area contributed by atoms with Gasteiger partial charge in [-0.15, -0.1) is 0 Å². The summed E-state index contributed by atoms with van der Waals surface area (Å²) in [5.41, 5.74) is 1.60. The van der Waals surface area contributed by atoms with Crippen LogP contribution >= 0.6 is 11.6 Å². The summed E-state index contributed by atoms with van der Waals surface area (Å²) in [7, 11) is -4.20. The number of hydrogen-bond acceptors (Lipinski definition) is 5. The van der Waals surface area contributed by atoms with Crippen LogP contribution in [0.2, 0.25) is 5.02 Å². The number of nitrogens with zero attached hydrogens (tertiary/aromatic N) is 2. The molecule has 0 aromatic heterocycles. The molecule has 0 bridgehead atoms. The standard InChI is InChI=1S/C32H40ClN3O5S/c1-7-29(31(38)34-32(4,5)6)35(21-24-11-9-10-23(3)20-24)30(37)22-36(26-14-16-27(17-15-26)41-8-2)42(39,40)28-18-12-25(33)13-19-28/h9-20,29H,7-8,21-22H2,1-6H3,(H,34,38)/t29-/m0/s1. The summed E-state index contributed by atoms with van der Waals surface area (Å²) in [4.78, 5) is 29.1. The molecule has 3 aromatic carbocycles. The van der Waals surface area contributed by atoms with E-state index in [1.165, 1.54) is 29.2 Å². The van der Waals surface area contributed by atoms with Gasteiger partial charge in [-0.1, -0.05) is 48.4 Å². The Morgan fingerprint density at radius 1 is 0.976 bits per heavy atom. The van der Waals surface area contributed by atoms with Gasteiger partial charge in [-0.2, -0.15) is 0 Å². The second kappa shape index (κ2) is 14.1. The van der Waals surface area contributed by atoms with E-state index in [2.05, 4.69) is 5.32 Å². The van der Waals surface area contributed by atoms with Crippen molar-refractivity contribution < 1.29 is 22.7 Å². The highest BCUT2D eigenvalue weighted by Gasteiger charge is 2.34. The average Bonchev–Trinajstić information content (AvgIpc) is 2.91. The molecule has 0 saturated heterocycles. The number of carbonyl (C=O) groups is 2. The van der Waals surface area contributed by atoms with Gasteiger partial charge in [0.2, 0.25) is 11.8 Å². The summed E-state index contributed by atoms with van der Waals surface area (Å²) in [6, 6.07) is 19.1. The molecule has 0 heterocycles.